The molecule has 5 saturated carbocycles. The van der Waals surface area contributed by atoms with Crippen LogP contribution in [-0.2, 0) is 16.1 Å². The van der Waals surface area contributed by atoms with E-state index in [1.54, 1.807) is 0 Å². The first-order valence-electron chi connectivity index (χ1n) is 13.8. The van der Waals surface area contributed by atoms with E-state index in [0.717, 1.165) is 62.6 Å². The van der Waals surface area contributed by atoms with Crippen LogP contribution in [0.15, 0.2) is 60.7 Å². The normalized spacial score (nSPS) is 30.6. The SMILES string of the molecule is O=C(N(Cc1ccccc1)C1(C(=O)Nc2ccccc2)CCCCC1)C12CC3CC(CC(C3)C1)C2. The van der Waals surface area contributed by atoms with E-state index in [0.29, 0.717) is 24.3 Å². The molecule has 0 aliphatic heterocycles. The molecule has 2 aromatic rings. The molecule has 7 rings (SSSR count). The lowest BCUT2D eigenvalue weighted by Crippen LogP contribution is -2.64. The largest absolute Gasteiger partial charge is 0.324 e. The molecular formula is C31H38N2O2. The van der Waals surface area contributed by atoms with E-state index in [2.05, 4.69) is 22.3 Å². The van der Waals surface area contributed by atoms with Crippen molar-refractivity contribution in [3.05, 3.63) is 66.2 Å². The Morgan fingerprint density at radius 2 is 1.31 bits per heavy atom. The lowest BCUT2D eigenvalue weighted by molar-refractivity contribution is -0.169. The summed E-state index contributed by atoms with van der Waals surface area (Å²) in [5.74, 6) is 2.36. The molecule has 5 fully saturated rings. The van der Waals surface area contributed by atoms with Crippen LogP contribution in [0.2, 0.25) is 0 Å². The van der Waals surface area contributed by atoms with E-state index in [1.165, 1.54) is 19.3 Å². The van der Waals surface area contributed by atoms with Gasteiger partial charge >= 0.3 is 0 Å². The number of nitrogens with zero attached hydrogens (tertiary/aromatic N) is 1. The van der Waals surface area contributed by atoms with Crippen molar-refractivity contribution < 1.29 is 9.59 Å². The Morgan fingerprint density at radius 1 is 0.771 bits per heavy atom. The summed E-state index contributed by atoms with van der Waals surface area (Å²) < 4.78 is 0. The van der Waals surface area contributed by atoms with E-state index in [-0.39, 0.29) is 17.2 Å². The van der Waals surface area contributed by atoms with Crippen molar-refractivity contribution in [2.45, 2.75) is 82.7 Å². The average Bonchev–Trinajstić information content (AvgIpc) is 2.88. The topological polar surface area (TPSA) is 49.4 Å². The van der Waals surface area contributed by atoms with Gasteiger partial charge in [-0.3, -0.25) is 9.59 Å². The second-order valence-electron chi connectivity index (χ2n) is 12.0. The van der Waals surface area contributed by atoms with Crippen molar-refractivity contribution in [3.63, 3.8) is 0 Å². The van der Waals surface area contributed by atoms with Crippen molar-refractivity contribution >= 4 is 17.5 Å². The summed E-state index contributed by atoms with van der Waals surface area (Å²) >= 11 is 0. The molecule has 35 heavy (non-hydrogen) atoms. The molecule has 0 saturated heterocycles. The summed E-state index contributed by atoms with van der Waals surface area (Å²) in [6, 6.07) is 20.1. The molecule has 5 aliphatic carbocycles. The molecule has 1 N–H and O–H groups in total. The minimum absolute atomic E-state index is 0.00240. The third-order valence-corrected chi connectivity index (χ3v) is 9.57. The van der Waals surface area contributed by atoms with Gasteiger partial charge in [0.25, 0.3) is 0 Å². The molecule has 5 aliphatic rings. The van der Waals surface area contributed by atoms with Crippen molar-refractivity contribution in [1.82, 2.24) is 4.90 Å². The van der Waals surface area contributed by atoms with Crippen molar-refractivity contribution in [3.8, 4) is 0 Å². The lowest BCUT2D eigenvalue weighted by Gasteiger charge is -2.58. The van der Waals surface area contributed by atoms with Gasteiger partial charge in [-0.05, 0) is 86.8 Å². The standard InChI is InChI=1S/C31H38N2O2/c34-28(32-27-12-6-2-7-13-27)31(14-8-3-9-15-31)33(22-23-10-4-1-5-11-23)29(35)30-19-24-16-25(20-30)18-26(17-24)21-30/h1-2,4-7,10-13,24-26H,3,8-9,14-22H2,(H,32,34). The third-order valence-electron chi connectivity index (χ3n) is 9.57. The van der Waals surface area contributed by atoms with E-state index in [1.807, 2.05) is 48.5 Å². The van der Waals surface area contributed by atoms with Crippen LogP contribution in [0.5, 0.6) is 0 Å². The molecule has 2 aromatic carbocycles. The number of nitrogens with one attached hydrogen (secondary N) is 1. The van der Waals surface area contributed by atoms with Crippen LogP contribution in [0.4, 0.5) is 5.69 Å². The number of para-hydroxylation sites is 1. The van der Waals surface area contributed by atoms with Gasteiger partial charge in [0.2, 0.25) is 11.8 Å². The predicted octanol–water partition coefficient (Wildman–Crippen LogP) is 6.57. The number of carbonyl (C=O) groups is 2. The highest BCUT2D eigenvalue weighted by molar-refractivity contribution is 6.01. The zero-order chi connectivity index (χ0) is 23.9. The zero-order valence-corrected chi connectivity index (χ0v) is 20.8. The molecule has 4 bridgehead atoms. The maximum Gasteiger partial charge on any atom is 0.250 e. The van der Waals surface area contributed by atoms with Gasteiger partial charge in [-0.2, -0.15) is 0 Å². The van der Waals surface area contributed by atoms with Gasteiger partial charge in [-0.25, -0.2) is 0 Å². The number of benzene rings is 2. The monoisotopic (exact) mass is 470 g/mol. The van der Waals surface area contributed by atoms with Gasteiger partial charge in [0.1, 0.15) is 5.54 Å². The Balaban J connectivity index is 1.39. The quantitative estimate of drug-likeness (QED) is 0.519. The highest BCUT2D eigenvalue weighted by atomic mass is 16.2. The number of rotatable bonds is 6. The summed E-state index contributed by atoms with van der Waals surface area (Å²) in [6.45, 7) is 0.517. The van der Waals surface area contributed by atoms with Gasteiger partial charge in [0.15, 0.2) is 0 Å². The molecule has 0 radical (unpaired) electrons. The molecule has 4 nitrogen and oxygen atoms in total. The Bertz CT molecular complexity index is 1020. The van der Waals surface area contributed by atoms with Crippen LogP contribution >= 0.6 is 0 Å². The first-order valence-corrected chi connectivity index (χ1v) is 13.8. The van der Waals surface area contributed by atoms with Crippen LogP contribution < -0.4 is 5.32 Å². The van der Waals surface area contributed by atoms with Crippen LogP contribution in [0.1, 0.15) is 76.2 Å². The molecule has 0 spiro atoms. The number of hydrogen-bond donors (Lipinski definition) is 1. The Kier molecular flexibility index (Phi) is 5.94. The van der Waals surface area contributed by atoms with E-state index < -0.39 is 5.54 Å². The fraction of sp³-hybridized carbons (Fsp3) is 0.548. The second-order valence-corrected chi connectivity index (χ2v) is 12.0. The van der Waals surface area contributed by atoms with Crippen molar-refractivity contribution in [1.29, 1.82) is 0 Å². The first kappa shape index (κ1) is 22.8. The van der Waals surface area contributed by atoms with E-state index >= 15 is 0 Å². The van der Waals surface area contributed by atoms with Crippen LogP contribution in [-0.4, -0.2) is 22.3 Å². The third kappa shape index (κ3) is 4.19. The summed E-state index contributed by atoms with van der Waals surface area (Å²) in [5, 5.41) is 3.21. The average molecular weight is 471 g/mol. The van der Waals surface area contributed by atoms with Gasteiger partial charge in [0.05, 0.1) is 5.41 Å². The van der Waals surface area contributed by atoms with Crippen LogP contribution in [0.25, 0.3) is 0 Å². The summed E-state index contributed by atoms with van der Waals surface area (Å²) in [6.07, 6.45) is 11.6. The van der Waals surface area contributed by atoms with Crippen LogP contribution in [0.3, 0.4) is 0 Å². The molecule has 0 heterocycles. The second kappa shape index (κ2) is 9.11. The predicted molar refractivity (Wildman–Crippen MR) is 138 cm³/mol. The fourth-order valence-corrected chi connectivity index (χ4v) is 8.37. The summed E-state index contributed by atoms with van der Waals surface area (Å²) in [7, 11) is 0. The summed E-state index contributed by atoms with van der Waals surface area (Å²) in [5.41, 5.74) is 0.873. The molecule has 0 aromatic heterocycles. The Hall–Kier alpha value is -2.62. The molecule has 184 valence electrons. The zero-order valence-electron chi connectivity index (χ0n) is 20.8. The highest BCUT2D eigenvalue weighted by Gasteiger charge is 2.58. The highest BCUT2D eigenvalue weighted by Crippen LogP contribution is 2.61. The lowest BCUT2D eigenvalue weighted by atomic mass is 9.49. The minimum atomic E-state index is -0.787. The van der Waals surface area contributed by atoms with Gasteiger partial charge in [-0.15, -0.1) is 0 Å². The molecular weight excluding hydrogens is 432 g/mol. The van der Waals surface area contributed by atoms with Crippen molar-refractivity contribution in [2.75, 3.05) is 5.32 Å². The maximum absolute atomic E-state index is 14.8. The maximum atomic E-state index is 14.8. The Morgan fingerprint density at radius 3 is 1.89 bits per heavy atom. The van der Waals surface area contributed by atoms with Gasteiger partial charge < -0.3 is 10.2 Å². The molecule has 2 amide bonds. The number of anilines is 1. The van der Waals surface area contributed by atoms with Gasteiger partial charge in [0, 0.05) is 12.2 Å². The molecule has 0 atom stereocenters. The van der Waals surface area contributed by atoms with Crippen molar-refractivity contribution in [2.24, 2.45) is 23.2 Å². The summed E-state index contributed by atoms with van der Waals surface area (Å²) in [4.78, 5) is 31.0. The first-order chi connectivity index (χ1) is 17.1. The van der Waals surface area contributed by atoms with Gasteiger partial charge in [-0.1, -0.05) is 67.8 Å². The van der Waals surface area contributed by atoms with E-state index in [9.17, 15) is 9.59 Å². The molecule has 4 heteroatoms. The minimum Gasteiger partial charge on any atom is -0.324 e. The number of hydrogen-bond acceptors (Lipinski definition) is 2. The Labute approximate surface area is 209 Å². The molecule has 0 unspecified atom stereocenters. The number of amides is 2. The van der Waals surface area contributed by atoms with Crippen LogP contribution in [0, 0.1) is 23.2 Å². The number of carbonyl (C=O) groups excluding carboxylic acids is 2. The fourth-order valence-electron chi connectivity index (χ4n) is 8.37. The smallest absolute Gasteiger partial charge is 0.250 e. The van der Waals surface area contributed by atoms with E-state index in [4.69, 9.17) is 0 Å².